The second-order valence-electron chi connectivity index (χ2n) is 5.04. The van der Waals surface area contributed by atoms with Crippen LogP contribution in [-0.2, 0) is 5.41 Å². The largest absolute Gasteiger partial charge is 0.399 e. The summed E-state index contributed by atoms with van der Waals surface area (Å²) in [6, 6.07) is 8.67. The molecule has 1 aromatic rings. The minimum atomic E-state index is 0.151. The predicted octanol–water partition coefficient (Wildman–Crippen LogP) is 2.54. The van der Waals surface area contributed by atoms with Gasteiger partial charge in [-0.15, -0.1) is 0 Å². The first-order valence-electron chi connectivity index (χ1n) is 5.51. The molecule has 0 fully saturated rings. The van der Waals surface area contributed by atoms with E-state index in [0.29, 0.717) is 6.04 Å². The molecule has 1 rings (SSSR count). The van der Waals surface area contributed by atoms with Gasteiger partial charge in [0.15, 0.2) is 0 Å². The zero-order valence-electron chi connectivity index (χ0n) is 10.2. The Bertz CT molecular complexity index is 299. The number of hydrogen-bond acceptors (Lipinski definition) is 2. The molecule has 0 bridgehead atoms. The van der Waals surface area contributed by atoms with E-state index in [0.717, 1.165) is 12.2 Å². The lowest BCUT2D eigenvalue weighted by molar-refractivity contribution is 0.441. The smallest absolute Gasteiger partial charge is 0.0314 e. The van der Waals surface area contributed by atoms with Crippen LogP contribution in [0.4, 0.5) is 5.69 Å². The van der Waals surface area contributed by atoms with Crippen LogP contribution in [0.15, 0.2) is 24.3 Å². The molecule has 0 aliphatic heterocycles. The van der Waals surface area contributed by atoms with Crippen LogP contribution in [0.5, 0.6) is 0 Å². The average molecular weight is 206 g/mol. The third kappa shape index (κ3) is 3.56. The molecule has 84 valence electrons. The van der Waals surface area contributed by atoms with Crippen LogP contribution >= 0.6 is 0 Å². The normalized spacial score (nSPS) is 12.1. The monoisotopic (exact) mass is 206 g/mol. The summed E-state index contributed by atoms with van der Waals surface area (Å²) in [5.74, 6) is 0. The number of rotatable bonds is 4. The van der Waals surface area contributed by atoms with Gasteiger partial charge in [-0.2, -0.15) is 0 Å². The summed E-state index contributed by atoms with van der Waals surface area (Å²) in [6.07, 6.45) is 0. The molecule has 0 saturated carbocycles. The molecule has 0 unspecified atom stereocenters. The fourth-order valence-electron chi connectivity index (χ4n) is 1.50. The lowest BCUT2D eigenvalue weighted by Crippen LogP contribution is -2.36. The Balaban J connectivity index is 2.72. The van der Waals surface area contributed by atoms with Crippen molar-refractivity contribution < 1.29 is 0 Å². The second kappa shape index (κ2) is 4.67. The Morgan fingerprint density at radius 2 is 1.73 bits per heavy atom. The molecule has 0 spiro atoms. The number of hydrogen-bond donors (Lipinski definition) is 2. The van der Waals surface area contributed by atoms with E-state index in [2.05, 4.69) is 45.1 Å². The van der Waals surface area contributed by atoms with Crippen molar-refractivity contribution in [1.29, 1.82) is 0 Å². The first kappa shape index (κ1) is 12.1. The van der Waals surface area contributed by atoms with E-state index in [9.17, 15) is 0 Å². The van der Waals surface area contributed by atoms with E-state index in [1.165, 1.54) is 5.56 Å². The van der Waals surface area contributed by atoms with Crippen molar-refractivity contribution in [2.75, 3.05) is 12.3 Å². The minimum absolute atomic E-state index is 0.151. The maximum absolute atomic E-state index is 5.68. The molecular formula is C13H22N2. The second-order valence-corrected chi connectivity index (χ2v) is 5.04. The van der Waals surface area contributed by atoms with Crippen molar-refractivity contribution >= 4 is 5.69 Å². The van der Waals surface area contributed by atoms with Gasteiger partial charge in [0, 0.05) is 23.7 Å². The van der Waals surface area contributed by atoms with Gasteiger partial charge in [-0.3, -0.25) is 0 Å². The highest BCUT2D eigenvalue weighted by Crippen LogP contribution is 2.23. The summed E-state index contributed by atoms with van der Waals surface area (Å²) in [5.41, 5.74) is 7.98. The number of nitrogens with two attached hydrogens (primary N) is 1. The first-order valence-corrected chi connectivity index (χ1v) is 5.51. The molecule has 0 aliphatic carbocycles. The van der Waals surface area contributed by atoms with Gasteiger partial charge in [0.05, 0.1) is 0 Å². The Kier molecular flexibility index (Phi) is 3.75. The fourth-order valence-corrected chi connectivity index (χ4v) is 1.50. The highest BCUT2D eigenvalue weighted by atomic mass is 14.9. The lowest BCUT2D eigenvalue weighted by Gasteiger charge is -2.27. The van der Waals surface area contributed by atoms with Crippen LogP contribution in [0.3, 0.4) is 0 Å². The number of anilines is 1. The van der Waals surface area contributed by atoms with E-state index < -0.39 is 0 Å². The van der Waals surface area contributed by atoms with E-state index in [-0.39, 0.29) is 5.41 Å². The third-order valence-corrected chi connectivity index (χ3v) is 2.64. The molecule has 15 heavy (non-hydrogen) atoms. The number of nitrogens with one attached hydrogen (secondary N) is 1. The molecule has 3 N–H and O–H groups in total. The predicted molar refractivity (Wildman–Crippen MR) is 67.0 cm³/mol. The standard InChI is InChI=1S/C13H22N2/c1-10(2)15-9-13(3,4)11-5-7-12(14)8-6-11/h5-8,10,15H,9,14H2,1-4H3. The fraction of sp³-hybridized carbons (Fsp3) is 0.538. The maximum Gasteiger partial charge on any atom is 0.0314 e. The zero-order valence-corrected chi connectivity index (χ0v) is 10.2. The van der Waals surface area contributed by atoms with Gasteiger partial charge in [-0.05, 0) is 17.7 Å². The Morgan fingerprint density at radius 1 is 1.20 bits per heavy atom. The van der Waals surface area contributed by atoms with Gasteiger partial charge in [-0.25, -0.2) is 0 Å². The van der Waals surface area contributed by atoms with Gasteiger partial charge < -0.3 is 11.1 Å². The molecule has 0 aliphatic rings. The summed E-state index contributed by atoms with van der Waals surface area (Å²) in [6.45, 7) is 9.80. The van der Waals surface area contributed by atoms with Gasteiger partial charge in [0.25, 0.3) is 0 Å². The van der Waals surface area contributed by atoms with Crippen molar-refractivity contribution in [1.82, 2.24) is 5.32 Å². The van der Waals surface area contributed by atoms with Crippen LogP contribution in [0, 0.1) is 0 Å². The van der Waals surface area contributed by atoms with Crippen LogP contribution in [-0.4, -0.2) is 12.6 Å². The van der Waals surface area contributed by atoms with Crippen LogP contribution in [0.1, 0.15) is 33.3 Å². The van der Waals surface area contributed by atoms with Crippen LogP contribution in [0.2, 0.25) is 0 Å². The summed E-state index contributed by atoms with van der Waals surface area (Å²) < 4.78 is 0. The lowest BCUT2D eigenvalue weighted by atomic mass is 9.84. The topological polar surface area (TPSA) is 38.0 Å². The maximum atomic E-state index is 5.68. The van der Waals surface area contributed by atoms with E-state index in [1.54, 1.807) is 0 Å². The molecule has 0 aromatic heterocycles. The zero-order chi connectivity index (χ0) is 11.5. The summed E-state index contributed by atoms with van der Waals surface area (Å²) >= 11 is 0. The molecule has 0 heterocycles. The quantitative estimate of drug-likeness (QED) is 0.743. The first-order chi connectivity index (χ1) is 6.92. The van der Waals surface area contributed by atoms with Crippen molar-refractivity contribution in [3.05, 3.63) is 29.8 Å². The van der Waals surface area contributed by atoms with Crippen molar-refractivity contribution in [3.8, 4) is 0 Å². The van der Waals surface area contributed by atoms with Crippen molar-refractivity contribution in [2.24, 2.45) is 0 Å². The Labute approximate surface area is 92.9 Å². The van der Waals surface area contributed by atoms with Crippen LogP contribution in [0.25, 0.3) is 0 Å². The average Bonchev–Trinajstić information content (AvgIpc) is 2.16. The molecule has 0 saturated heterocycles. The highest BCUT2D eigenvalue weighted by Gasteiger charge is 2.20. The van der Waals surface area contributed by atoms with E-state index >= 15 is 0 Å². The molecule has 0 atom stereocenters. The van der Waals surface area contributed by atoms with Gasteiger partial charge >= 0.3 is 0 Å². The Hall–Kier alpha value is -1.02. The summed E-state index contributed by atoms with van der Waals surface area (Å²) in [5, 5.41) is 3.47. The van der Waals surface area contributed by atoms with E-state index in [4.69, 9.17) is 5.73 Å². The molecule has 0 amide bonds. The Morgan fingerprint density at radius 3 is 2.20 bits per heavy atom. The third-order valence-electron chi connectivity index (χ3n) is 2.64. The molecule has 2 heteroatoms. The highest BCUT2D eigenvalue weighted by molar-refractivity contribution is 5.41. The van der Waals surface area contributed by atoms with Gasteiger partial charge in [0.1, 0.15) is 0 Å². The molecule has 2 nitrogen and oxygen atoms in total. The van der Waals surface area contributed by atoms with Crippen LogP contribution < -0.4 is 11.1 Å². The molecular weight excluding hydrogens is 184 g/mol. The van der Waals surface area contributed by atoms with Crippen molar-refractivity contribution in [3.63, 3.8) is 0 Å². The SMILES string of the molecule is CC(C)NCC(C)(C)c1ccc(N)cc1. The molecule has 1 aromatic carbocycles. The number of benzene rings is 1. The summed E-state index contributed by atoms with van der Waals surface area (Å²) in [7, 11) is 0. The van der Waals surface area contributed by atoms with Gasteiger partial charge in [0.2, 0.25) is 0 Å². The van der Waals surface area contributed by atoms with Gasteiger partial charge in [-0.1, -0.05) is 39.8 Å². The minimum Gasteiger partial charge on any atom is -0.399 e. The molecule has 0 radical (unpaired) electrons. The number of nitrogen functional groups attached to an aromatic ring is 1. The van der Waals surface area contributed by atoms with E-state index in [1.807, 2.05) is 12.1 Å². The van der Waals surface area contributed by atoms with Crippen molar-refractivity contribution in [2.45, 2.75) is 39.2 Å². The summed E-state index contributed by atoms with van der Waals surface area (Å²) in [4.78, 5) is 0.